The van der Waals surface area contributed by atoms with E-state index in [9.17, 15) is 13.6 Å². The summed E-state index contributed by atoms with van der Waals surface area (Å²) in [5.41, 5.74) is 5.86. The Morgan fingerprint density at radius 1 is 1.15 bits per heavy atom. The van der Waals surface area contributed by atoms with Crippen LogP contribution < -0.4 is 11.1 Å². The van der Waals surface area contributed by atoms with Crippen LogP contribution in [0.2, 0.25) is 0 Å². The first-order valence-electron chi connectivity index (χ1n) is 6.09. The standard InChI is InChI=1S/C15H14F2N2O/c1-9(11-4-2-3-5-12(11)16)19-14-8-10(15(18)20)6-7-13(14)17/h2-9,19H,1H3,(H2,18,20). The first-order valence-corrected chi connectivity index (χ1v) is 6.09. The molecule has 0 aliphatic rings. The summed E-state index contributed by atoms with van der Waals surface area (Å²) >= 11 is 0. The monoisotopic (exact) mass is 276 g/mol. The Hall–Kier alpha value is -2.43. The SMILES string of the molecule is CC(Nc1cc(C(N)=O)ccc1F)c1ccccc1F. The number of amides is 1. The van der Waals surface area contributed by atoms with Crippen LogP contribution in [0, 0.1) is 11.6 Å². The minimum atomic E-state index is -0.647. The molecule has 2 aromatic carbocycles. The Bertz CT molecular complexity index is 644. The highest BCUT2D eigenvalue weighted by atomic mass is 19.1. The fourth-order valence-electron chi connectivity index (χ4n) is 1.93. The van der Waals surface area contributed by atoms with Gasteiger partial charge in [-0.2, -0.15) is 0 Å². The normalized spacial score (nSPS) is 11.9. The Labute approximate surface area is 115 Å². The molecule has 0 saturated carbocycles. The van der Waals surface area contributed by atoms with Crippen LogP contribution in [0.3, 0.4) is 0 Å². The van der Waals surface area contributed by atoms with Crippen LogP contribution in [-0.2, 0) is 0 Å². The van der Waals surface area contributed by atoms with Crippen molar-refractivity contribution in [1.82, 2.24) is 0 Å². The van der Waals surface area contributed by atoms with Gasteiger partial charge in [0.05, 0.1) is 11.7 Å². The molecule has 20 heavy (non-hydrogen) atoms. The molecule has 0 radical (unpaired) electrons. The van der Waals surface area contributed by atoms with Gasteiger partial charge in [-0.25, -0.2) is 8.78 Å². The van der Waals surface area contributed by atoms with Gasteiger partial charge in [-0.1, -0.05) is 18.2 Å². The van der Waals surface area contributed by atoms with E-state index >= 15 is 0 Å². The van der Waals surface area contributed by atoms with Crippen molar-refractivity contribution >= 4 is 11.6 Å². The molecule has 0 bridgehead atoms. The second kappa shape index (κ2) is 5.69. The molecule has 0 spiro atoms. The summed E-state index contributed by atoms with van der Waals surface area (Å²) in [6, 6.07) is 9.55. The number of hydrogen-bond donors (Lipinski definition) is 2. The fraction of sp³-hybridized carbons (Fsp3) is 0.133. The molecule has 0 heterocycles. The van der Waals surface area contributed by atoms with Crippen molar-refractivity contribution < 1.29 is 13.6 Å². The Morgan fingerprint density at radius 2 is 1.85 bits per heavy atom. The van der Waals surface area contributed by atoms with Crippen LogP contribution in [0.25, 0.3) is 0 Å². The number of anilines is 1. The lowest BCUT2D eigenvalue weighted by atomic mass is 10.1. The summed E-state index contributed by atoms with van der Waals surface area (Å²) in [5, 5.41) is 2.84. The van der Waals surface area contributed by atoms with Crippen LogP contribution in [0.1, 0.15) is 28.9 Å². The molecule has 3 nitrogen and oxygen atoms in total. The number of rotatable bonds is 4. The molecule has 1 atom stereocenters. The van der Waals surface area contributed by atoms with Gasteiger partial charge in [-0.15, -0.1) is 0 Å². The summed E-state index contributed by atoms with van der Waals surface area (Å²) in [5.74, 6) is -1.55. The predicted molar refractivity (Wildman–Crippen MR) is 73.4 cm³/mol. The van der Waals surface area contributed by atoms with E-state index in [1.165, 1.54) is 18.2 Å². The molecule has 2 aromatic rings. The van der Waals surface area contributed by atoms with E-state index in [2.05, 4.69) is 5.32 Å². The van der Waals surface area contributed by atoms with Gasteiger partial charge in [0.15, 0.2) is 0 Å². The van der Waals surface area contributed by atoms with Crippen LogP contribution in [0.5, 0.6) is 0 Å². The van der Waals surface area contributed by atoms with Crippen LogP contribution in [0.15, 0.2) is 42.5 Å². The van der Waals surface area contributed by atoms with Crippen LogP contribution in [-0.4, -0.2) is 5.91 Å². The predicted octanol–water partition coefficient (Wildman–Crippen LogP) is 3.24. The lowest BCUT2D eigenvalue weighted by Crippen LogP contribution is -2.13. The minimum Gasteiger partial charge on any atom is -0.376 e. The smallest absolute Gasteiger partial charge is 0.248 e. The highest BCUT2D eigenvalue weighted by Crippen LogP contribution is 2.24. The van der Waals surface area contributed by atoms with Crippen LogP contribution >= 0.6 is 0 Å². The number of halogens is 2. The van der Waals surface area contributed by atoms with E-state index < -0.39 is 17.8 Å². The largest absolute Gasteiger partial charge is 0.376 e. The molecule has 104 valence electrons. The number of carbonyl (C=O) groups excluding carboxylic acids is 1. The maximum Gasteiger partial charge on any atom is 0.248 e. The Kier molecular flexibility index (Phi) is 3.98. The quantitative estimate of drug-likeness (QED) is 0.900. The zero-order valence-electron chi connectivity index (χ0n) is 10.9. The van der Waals surface area contributed by atoms with E-state index in [0.29, 0.717) is 5.56 Å². The lowest BCUT2D eigenvalue weighted by Gasteiger charge is -2.17. The number of hydrogen-bond acceptors (Lipinski definition) is 2. The number of benzene rings is 2. The highest BCUT2D eigenvalue weighted by Gasteiger charge is 2.13. The molecule has 2 rings (SSSR count). The van der Waals surface area contributed by atoms with Gasteiger partial charge in [0.2, 0.25) is 5.91 Å². The van der Waals surface area contributed by atoms with Gasteiger partial charge in [0.25, 0.3) is 0 Å². The average Bonchev–Trinajstić information content (AvgIpc) is 2.41. The summed E-state index contributed by atoms with van der Waals surface area (Å²) in [7, 11) is 0. The third kappa shape index (κ3) is 2.93. The van der Waals surface area contributed by atoms with Gasteiger partial charge < -0.3 is 11.1 Å². The molecule has 0 aliphatic heterocycles. The van der Waals surface area contributed by atoms with E-state index in [1.54, 1.807) is 25.1 Å². The second-order valence-corrected chi connectivity index (χ2v) is 4.45. The molecule has 0 saturated heterocycles. The summed E-state index contributed by atoms with van der Waals surface area (Å²) in [6.07, 6.45) is 0. The first kappa shape index (κ1) is 14.0. The summed E-state index contributed by atoms with van der Waals surface area (Å²) in [6.45, 7) is 1.70. The van der Waals surface area contributed by atoms with Crippen molar-refractivity contribution in [3.05, 3.63) is 65.2 Å². The zero-order valence-corrected chi connectivity index (χ0v) is 10.9. The third-order valence-corrected chi connectivity index (χ3v) is 2.99. The fourth-order valence-corrected chi connectivity index (χ4v) is 1.93. The maximum atomic E-state index is 13.7. The van der Waals surface area contributed by atoms with Crippen molar-refractivity contribution in [3.8, 4) is 0 Å². The molecular weight excluding hydrogens is 262 g/mol. The highest BCUT2D eigenvalue weighted by molar-refractivity contribution is 5.93. The Balaban J connectivity index is 2.28. The second-order valence-electron chi connectivity index (χ2n) is 4.45. The van der Waals surface area contributed by atoms with E-state index in [0.717, 1.165) is 6.07 Å². The molecule has 1 unspecified atom stereocenters. The minimum absolute atomic E-state index is 0.108. The molecule has 1 amide bonds. The molecule has 3 N–H and O–H groups in total. The first-order chi connectivity index (χ1) is 9.49. The molecule has 0 aromatic heterocycles. The van der Waals surface area contributed by atoms with Crippen molar-refractivity contribution in [1.29, 1.82) is 0 Å². The molecule has 0 aliphatic carbocycles. The van der Waals surface area contributed by atoms with Crippen molar-refractivity contribution in [2.45, 2.75) is 13.0 Å². The van der Waals surface area contributed by atoms with E-state index in [4.69, 9.17) is 5.73 Å². The average molecular weight is 276 g/mol. The van der Waals surface area contributed by atoms with Crippen molar-refractivity contribution in [3.63, 3.8) is 0 Å². The van der Waals surface area contributed by atoms with E-state index in [1.807, 2.05) is 0 Å². The molecule has 5 heteroatoms. The third-order valence-electron chi connectivity index (χ3n) is 2.99. The number of primary amides is 1. The van der Waals surface area contributed by atoms with Gasteiger partial charge in [-0.05, 0) is 31.2 Å². The number of nitrogens with one attached hydrogen (secondary N) is 1. The van der Waals surface area contributed by atoms with Crippen molar-refractivity contribution in [2.24, 2.45) is 5.73 Å². The lowest BCUT2D eigenvalue weighted by molar-refractivity contribution is 0.100. The molecular formula is C15H14F2N2O. The van der Waals surface area contributed by atoms with Crippen LogP contribution in [0.4, 0.5) is 14.5 Å². The topological polar surface area (TPSA) is 55.1 Å². The zero-order chi connectivity index (χ0) is 14.7. The van der Waals surface area contributed by atoms with Crippen molar-refractivity contribution in [2.75, 3.05) is 5.32 Å². The van der Waals surface area contributed by atoms with Gasteiger partial charge in [-0.3, -0.25) is 4.79 Å². The molecule has 0 fully saturated rings. The Morgan fingerprint density at radius 3 is 2.50 bits per heavy atom. The summed E-state index contributed by atoms with van der Waals surface area (Å²) in [4.78, 5) is 11.1. The summed E-state index contributed by atoms with van der Waals surface area (Å²) < 4.78 is 27.3. The number of carbonyl (C=O) groups is 1. The van der Waals surface area contributed by atoms with E-state index in [-0.39, 0.29) is 17.1 Å². The number of nitrogens with two attached hydrogens (primary N) is 1. The van der Waals surface area contributed by atoms with Gasteiger partial charge >= 0.3 is 0 Å². The van der Waals surface area contributed by atoms with Gasteiger partial charge in [0, 0.05) is 11.1 Å². The maximum absolute atomic E-state index is 13.7. The van der Waals surface area contributed by atoms with Gasteiger partial charge in [0.1, 0.15) is 11.6 Å².